The monoisotopic (exact) mass is 362 g/mol. The molecule has 0 atom stereocenters. The van der Waals surface area contributed by atoms with E-state index in [1.807, 2.05) is 18.2 Å². The molecule has 146 valence electrons. The van der Waals surface area contributed by atoms with E-state index in [4.69, 9.17) is 9.47 Å². The van der Waals surface area contributed by atoms with Gasteiger partial charge in [0.2, 0.25) is 5.91 Å². The molecule has 1 aromatic rings. The van der Waals surface area contributed by atoms with E-state index in [1.165, 1.54) is 32.1 Å². The van der Waals surface area contributed by atoms with E-state index >= 15 is 0 Å². The predicted molar refractivity (Wildman–Crippen MR) is 105 cm³/mol. The van der Waals surface area contributed by atoms with Crippen molar-refractivity contribution in [3.63, 3.8) is 0 Å². The average molecular weight is 363 g/mol. The quantitative estimate of drug-likeness (QED) is 0.648. The number of hydrogen-bond donors (Lipinski definition) is 1. The third-order valence-corrected chi connectivity index (χ3v) is 5.26. The Morgan fingerprint density at radius 3 is 2.38 bits per heavy atom. The highest BCUT2D eigenvalue weighted by Crippen LogP contribution is 2.23. The van der Waals surface area contributed by atoms with Crippen molar-refractivity contribution in [3.05, 3.63) is 23.8 Å². The standard InChI is InChI=1S/C21H34N2O3/c1-23(18-8-5-4-6-9-18)13-7-12-22-21(24)11-10-17-14-19(25-2)16-20(15-17)26-3/h14-16,18H,4-13H2,1-3H3,(H,22,24). The minimum atomic E-state index is 0.104. The second-order valence-corrected chi connectivity index (χ2v) is 7.20. The topological polar surface area (TPSA) is 50.8 Å². The number of hydrogen-bond acceptors (Lipinski definition) is 4. The van der Waals surface area contributed by atoms with Gasteiger partial charge in [-0.05, 0) is 57.0 Å². The molecule has 0 unspecified atom stereocenters. The Morgan fingerprint density at radius 2 is 1.77 bits per heavy atom. The summed E-state index contributed by atoms with van der Waals surface area (Å²) in [6.07, 6.45) is 8.93. The lowest BCUT2D eigenvalue weighted by Gasteiger charge is -2.31. The summed E-state index contributed by atoms with van der Waals surface area (Å²) in [6.45, 7) is 1.80. The van der Waals surface area contributed by atoms with Crippen molar-refractivity contribution in [1.82, 2.24) is 10.2 Å². The zero-order chi connectivity index (χ0) is 18.8. The molecule has 0 heterocycles. The third-order valence-electron chi connectivity index (χ3n) is 5.26. The van der Waals surface area contributed by atoms with Crippen molar-refractivity contribution in [2.45, 2.75) is 57.4 Å². The predicted octanol–water partition coefficient (Wildman–Crippen LogP) is 3.41. The number of benzene rings is 1. The third kappa shape index (κ3) is 6.87. The Balaban J connectivity index is 1.64. The second-order valence-electron chi connectivity index (χ2n) is 7.20. The molecule has 5 heteroatoms. The minimum absolute atomic E-state index is 0.104. The fourth-order valence-electron chi connectivity index (χ4n) is 3.62. The van der Waals surface area contributed by atoms with Crippen LogP contribution in [0.1, 0.15) is 50.5 Å². The largest absolute Gasteiger partial charge is 0.497 e. The number of aryl methyl sites for hydroxylation is 1. The van der Waals surface area contributed by atoms with Crippen LogP contribution in [0.3, 0.4) is 0 Å². The molecule has 26 heavy (non-hydrogen) atoms. The lowest BCUT2D eigenvalue weighted by Crippen LogP contribution is -2.35. The van der Waals surface area contributed by atoms with E-state index in [-0.39, 0.29) is 5.91 Å². The molecule has 0 radical (unpaired) electrons. The Kier molecular flexibility index (Phi) is 8.75. The SMILES string of the molecule is COc1cc(CCC(=O)NCCCN(C)C2CCCCC2)cc(OC)c1. The van der Waals surface area contributed by atoms with Crippen molar-refractivity contribution in [3.8, 4) is 11.5 Å². The van der Waals surface area contributed by atoms with Crippen LogP contribution >= 0.6 is 0 Å². The molecular weight excluding hydrogens is 328 g/mol. The van der Waals surface area contributed by atoms with Crippen LogP contribution in [0.15, 0.2) is 18.2 Å². The molecule has 1 aliphatic rings. The first kappa shape index (κ1) is 20.6. The first-order valence-corrected chi connectivity index (χ1v) is 9.81. The molecule has 1 aromatic carbocycles. The van der Waals surface area contributed by atoms with Crippen LogP contribution in [-0.4, -0.2) is 51.2 Å². The fourth-order valence-corrected chi connectivity index (χ4v) is 3.62. The van der Waals surface area contributed by atoms with Gasteiger partial charge in [0.25, 0.3) is 0 Å². The molecule has 1 aliphatic carbocycles. The minimum Gasteiger partial charge on any atom is -0.497 e. The van der Waals surface area contributed by atoms with Gasteiger partial charge in [0.15, 0.2) is 0 Å². The van der Waals surface area contributed by atoms with Crippen LogP contribution < -0.4 is 14.8 Å². The zero-order valence-electron chi connectivity index (χ0n) is 16.6. The number of methoxy groups -OCH3 is 2. The van der Waals surface area contributed by atoms with Crippen LogP contribution in [0.4, 0.5) is 0 Å². The van der Waals surface area contributed by atoms with Gasteiger partial charge < -0.3 is 19.7 Å². The highest BCUT2D eigenvalue weighted by atomic mass is 16.5. The number of carbonyl (C=O) groups is 1. The molecule has 0 spiro atoms. The van der Waals surface area contributed by atoms with E-state index in [0.717, 1.165) is 42.6 Å². The van der Waals surface area contributed by atoms with Gasteiger partial charge in [-0.15, -0.1) is 0 Å². The van der Waals surface area contributed by atoms with Crippen molar-refractivity contribution < 1.29 is 14.3 Å². The van der Waals surface area contributed by atoms with Crippen LogP contribution in [0.5, 0.6) is 11.5 Å². The molecule has 2 rings (SSSR count). The molecule has 0 bridgehead atoms. The lowest BCUT2D eigenvalue weighted by molar-refractivity contribution is -0.121. The lowest BCUT2D eigenvalue weighted by atomic mass is 9.94. The van der Waals surface area contributed by atoms with Gasteiger partial charge in [-0.25, -0.2) is 0 Å². The van der Waals surface area contributed by atoms with Gasteiger partial charge >= 0.3 is 0 Å². The summed E-state index contributed by atoms with van der Waals surface area (Å²) < 4.78 is 10.5. The molecule has 1 amide bonds. The molecule has 1 N–H and O–H groups in total. The maximum Gasteiger partial charge on any atom is 0.220 e. The van der Waals surface area contributed by atoms with Gasteiger partial charge in [0.1, 0.15) is 11.5 Å². The first-order valence-electron chi connectivity index (χ1n) is 9.81. The van der Waals surface area contributed by atoms with Crippen LogP contribution in [0.2, 0.25) is 0 Å². The maximum atomic E-state index is 12.1. The van der Waals surface area contributed by atoms with Gasteiger partial charge in [-0.3, -0.25) is 4.79 Å². The summed E-state index contributed by atoms with van der Waals surface area (Å²) in [4.78, 5) is 14.6. The van der Waals surface area contributed by atoms with Gasteiger partial charge in [-0.1, -0.05) is 19.3 Å². The highest BCUT2D eigenvalue weighted by Gasteiger charge is 2.17. The molecule has 5 nitrogen and oxygen atoms in total. The Bertz CT molecular complexity index is 534. The highest BCUT2D eigenvalue weighted by molar-refractivity contribution is 5.76. The number of nitrogens with one attached hydrogen (secondary N) is 1. The van der Waals surface area contributed by atoms with Crippen molar-refractivity contribution in [2.24, 2.45) is 0 Å². The number of ether oxygens (including phenoxy) is 2. The van der Waals surface area contributed by atoms with Crippen LogP contribution in [0, 0.1) is 0 Å². The van der Waals surface area contributed by atoms with Crippen molar-refractivity contribution >= 4 is 5.91 Å². The molecule has 0 aromatic heterocycles. The van der Waals surface area contributed by atoms with Crippen LogP contribution in [0.25, 0.3) is 0 Å². The van der Waals surface area contributed by atoms with E-state index < -0.39 is 0 Å². The second kappa shape index (κ2) is 11.1. The van der Waals surface area contributed by atoms with Crippen molar-refractivity contribution in [1.29, 1.82) is 0 Å². The zero-order valence-corrected chi connectivity index (χ0v) is 16.6. The fraction of sp³-hybridized carbons (Fsp3) is 0.667. The normalized spacial score (nSPS) is 15.1. The first-order chi connectivity index (χ1) is 12.6. The smallest absolute Gasteiger partial charge is 0.220 e. The molecule has 1 saturated carbocycles. The van der Waals surface area contributed by atoms with E-state index in [9.17, 15) is 4.79 Å². The summed E-state index contributed by atoms with van der Waals surface area (Å²) in [5.41, 5.74) is 1.05. The molecular formula is C21H34N2O3. The van der Waals surface area contributed by atoms with E-state index in [1.54, 1.807) is 14.2 Å². The number of carbonyl (C=O) groups excluding carboxylic acids is 1. The van der Waals surface area contributed by atoms with E-state index in [0.29, 0.717) is 12.8 Å². The summed E-state index contributed by atoms with van der Waals surface area (Å²) in [6, 6.07) is 6.48. The Morgan fingerprint density at radius 1 is 1.12 bits per heavy atom. The molecule has 0 saturated heterocycles. The van der Waals surface area contributed by atoms with Gasteiger partial charge in [-0.2, -0.15) is 0 Å². The number of amides is 1. The summed E-state index contributed by atoms with van der Waals surface area (Å²) in [5.74, 6) is 1.61. The molecule has 0 aliphatic heterocycles. The summed E-state index contributed by atoms with van der Waals surface area (Å²) >= 11 is 0. The summed E-state index contributed by atoms with van der Waals surface area (Å²) in [5, 5.41) is 3.04. The van der Waals surface area contributed by atoms with Crippen molar-refractivity contribution in [2.75, 3.05) is 34.4 Å². The Labute approximate surface area is 158 Å². The summed E-state index contributed by atoms with van der Waals surface area (Å²) in [7, 11) is 5.49. The Hall–Kier alpha value is -1.75. The van der Waals surface area contributed by atoms with Gasteiger partial charge in [0.05, 0.1) is 14.2 Å². The van der Waals surface area contributed by atoms with Crippen LogP contribution in [-0.2, 0) is 11.2 Å². The number of nitrogens with zero attached hydrogens (tertiary/aromatic N) is 1. The van der Waals surface area contributed by atoms with Gasteiger partial charge in [0, 0.05) is 25.1 Å². The maximum absolute atomic E-state index is 12.1. The van der Waals surface area contributed by atoms with E-state index in [2.05, 4.69) is 17.3 Å². The average Bonchev–Trinajstić information content (AvgIpc) is 2.69. The molecule has 1 fully saturated rings. The number of rotatable bonds is 10.